The van der Waals surface area contributed by atoms with Crippen molar-refractivity contribution in [2.45, 2.75) is 12.8 Å². The van der Waals surface area contributed by atoms with Crippen LogP contribution in [0.25, 0.3) is 0 Å². The van der Waals surface area contributed by atoms with Gasteiger partial charge in [0.15, 0.2) is 0 Å². The van der Waals surface area contributed by atoms with Gasteiger partial charge in [0, 0.05) is 10.9 Å². The molecule has 1 aromatic rings. The molecule has 0 saturated heterocycles. The molecule has 0 unspecified atom stereocenters. The van der Waals surface area contributed by atoms with Crippen LogP contribution in [0.15, 0.2) is 29.5 Å². The molecule has 1 fully saturated rings. The zero-order valence-corrected chi connectivity index (χ0v) is 12.1. The second-order valence-electron chi connectivity index (χ2n) is 4.22. The Kier molecular flexibility index (Phi) is 4.31. The van der Waals surface area contributed by atoms with Gasteiger partial charge < -0.3 is 10.4 Å². The zero-order valence-electron chi connectivity index (χ0n) is 9.78. The van der Waals surface area contributed by atoms with E-state index in [4.69, 9.17) is 40.7 Å². The molecule has 98 valence electrons. The summed E-state index contributed by atoms with van der Waals surface area (Å²) >= 11 is 16.9. The van der Waals surface area contributed by atoms with Crippen molar-refractivity contribution in [2.75, 3.05) is 5.32 Å². The summed E-state index contributed by atoms with van der Waals surface area (Å²) in [6.07, 6.45) is 1.78. The summed E-state index contributed by atoms with van der Waals surface area (Å²) in [5, 5.41) is 22.7. The first-order valence-electron chi connectivity index (χ1n) is 5.62. The lowest BCUT2D eigenvalue weighted by molar-refractivity contribution is 0.377. The molecule has 0 bridgehead atoms. The molecule has 3 nitrogen and oxygen atoms in total. The number of nitrogens with one attached hydrogen (secondary N) is 1. The molecule has 0 atom stereocenters. The van der Waals surface area contributed by atoms with Crippen LogP contribution in [-0.2, 0) is 0 Å². The molecule has 2 rings (SSSR count). The number of hydrogen-bond acceptors (Lipinski definition) is 3. The summed E-state index contributed by atoms with van der Waals surface area (Å²) in [6, 6.07) is 6.83. The van der Waals surface area contributed by atoms with Gasteiger partial charge in [0.1, 0.15) is 22.4 Å². The average Bonchev–Trinajstić information content (AvgIpc) is 3.17. The van der Waals surface area contributed by atoms with Crippen LogP contribution in [0, 0.1) is 17.2 Å². The number of anilines is 1. The van der Waals surface area contributed by atoms with Gasteiger partial charge >= 0.3 is 0 Å². The Balaban J connectivity index is 2.21. The molecule has 1 aliphatic carbocycles. The van der Waals surface area contributed by atoms with E-state index in [0.29, 0.717) is 15.7 Å². The van der Waals surface area contributed by atoms with E-state index in [1.165, 1.54) is 0 Å². The second kappa shape index (κ2) is 5.79. The average molecular weight is 313 g/mol. The Morgan fingerprint density at radius 1 is 1.42 bits per heavy atom. The molecule has 6 heteroatoms. The van der Waals surface area contributed by atoms with Gasteiger partial charge in [-0.05, 0) is 31.0 Å². The van der Waals surface area contributed by atoms with Gasteiger partial charge in [-0.15, -0.1) is 0 Å². The van der Waals surface area contributed by atoms with Crippen LogP contribution < -0.4 is 5.32 Å². The van der Waals surface area contributed by atoms with Gasteiger partial charge in [0.25, 0.3) is 0 Å². The number of benzene rings is 1. The van der Waals surface area contributed by atoms with Gasteiger partial charge in [-0.25, -0.2) is 0 Å². The lowest BCUT2D eigenvalue weighted by atomic mass is 10.2. The highest BCUT2D eigenvalue weighted by Crippen LogP contribution is 2.37. The standard InChI is InChI=1S/C13H10Cl2N2OS/c14-8-3-4-11(10(15)5-8)17-13(19)9(6-16)12(18)7-1-2-7/h3-5,7,18H,1-2H2,(H,17,19). The number of nitrogens with zero attached hydrogens (tertiary/aromatic N) is 1. The Morgan fingerprint density at radius 2 is 2.11 bits per heavy atom. The van der Waals surface area contributed by atoms with E-state index in [1.807, 2.05) is 6.07 Å². The molecule has 0 spiro atoms. The molecule has 0 radical (unpaired) electrons. The lowest BCUT2D eigenvalue weighted by Gasteiger charge is -2.10. The fourth-order valence-corrected chi connectivity index (χ4v) is 2.28. The SMILES string of the molecule is N#CC(C(=S)Nc1ccc(Cl)cc1Cl)=C(O)C1CC1. The van der Waals surface area contributed by atoms with E-state index in [1.54, 1.807) is 18.2 Å². The molecule has 0 heterocycles. The first kappa shape index (κ1) is 14.1. The van der Waals surface area contributed by atoms with E-state index in [-0.39, 0.29) is 22.2 Å². The van der Waals surface area contributed by atoms with Crippen molar-refractivity contribution in [3.05, 3.63) is 39.6 Å². The minimum absolute atomic E-state index is 0.0603. The van der Waals surface area contributed by atoms with Crippen molar-refractivity contribution in [1.82, 2.24) is 0 Å². The number of rotatable bonds is 3. The number of halogens is 2. The van der Waals surface area contributed by atoms with E-state index >= 15 is 0 Å². The molecule has 19 heavy (non-hydrogen) atoms. The molecule has 0 amide bonds. The number of hydrogen-bond donors (Lipinski definition) is 2. The Labute approximate surface area is 126 Å². The molecule has 1 aliphatic rings. The smallest absolute Gasteiger partial charge is 0.125 e. The maximum absolute atomic E-state index is 9.89. The Hall–Kier alpha value is -1.28. The third-order valence-corrected chi connectivity index (χ3v) is 3.59. The van der Waals surface area contributed by atoms with E-state index < -0.39 is 0 Å². The summed E-state index contributed by atoms with van der Waals surface area (Å²) < 4.78 is 0. The first-order valence-corrected chi connectivity index (χ1v) is 6.79. The fourth-order valence-electron chi connectivity index (χ4n) is 1.56. The topological polar surface area (TPSA) is 56.0 Å². The van der Waals surface area contributed by atoms with Crippen LogP contribution in [-0.4, -0.2) is 10.1 Å². The summed E-state index contributed by atoms with van der Waals surface area (Å²) in [7, 11) is 0. The van der Waals surface area contributed by atoms with Crippen LogP contribution in [0.2, 0.25) is 10.0 Å². The Bertz CT molecular complexity index is 603. The minimum Gasteiger partial charge on any atom is -0.511 e. The molecular weight excluding hydrogens is 303 g/mol. The van der Waals surface area contributed by atoms with Crippen molar-refractivity contribution >= 4 is 46.1 Å². The number of aliphatic hydroxyl groups is 1. The molecule has 1 aromatic carbocycles. The van der Waals surface area contributed by atoms with E-state index in [0.717, 1.165) is 12.8 Å². The predicted octanol–water partition coefficient (Wildman–Crippen LogP) is 4.48. The highest BCUT2D eigenvalue weighted by Gasteiger charge is 2.29. The summed E-state index contributed by atoms with van der Waals surface area (Å²) in [5.74, 6) is 0.125. The molecule has 1 saturated carbocycles. The molecule has 0 aliphatic heterocycles. The van der Waals surface area contributed by atoms with Gasteiger partial charge in [-0.1, -0.05) is 35.4 Å². The van der Waals surface area contributed by atoms with Crippen molar-refractivity contribution in [3.8, 4) is 6.07 Å². The van der Waals surface area contributed by atoms with Gasteiger partial charge in [-0.3, -0.25) is 0 Å². The van der Waals surface area contributed by atoms with Gasteiger partial charge in [0.05, 0.1) is 10.7 Å². The summed E-state index contributed by atoms with van der Waals surface area (Å²) in [4.78, 5) is 0.163. The number of nitriles is 1. The number of allylic oxidation sites excluding steroid dienone is 1. The minimum atomic E-state index is 0.0603. The summed E-state index contributed by atoms with van der Waals surface area (Å²) in [6.45, 7) is 0. The highest BCUT2D eigenvalue weighted by molar-refractivity contribution is 7.81. The fraction of sp³-hybridized carbons (Fsp3) is 0.231. The van der Waals surface area contributed by atoms with E-state index in [2.05, 4.69) is 5.32 Å². The van der Waals surface area contributed by atoms with Crippen LogP contribution in [0.1, 0.15) is 12.8 Å². The first-order chi connectivity index (χ1) is 9.02. The largest absolute Gasteiger partial charge is 0.511 e. The third kappa shape index (κ3) is 3.38. The lowest BCUT2D eigenvalue weighted by Crippen LogP contribution is -2.14. The van der Waals surface area contributed by atoms with Crippen LogP contribution in [0.4, 0.5) is 5.69 Å². The maximum atomic E-state index is 9.89. The second-order valence-corrected chi connectivity index (χ2v) is 5.48. The Morgan fingerprint density at radius 3 is 2.63 bits per heavy atom. The highest BCUT2D eigenvalue weighted by atomic mass is 35.5. The molecular formula is C13H10Cl2N2OS. The van der Waals surface area contributed by atoms with Crippen LogP contribution in [0.5, 0.6) is 0 Å². The van der Waals surface area contributed by atoms with Crippen molar-refractivity contribution in [1.29, 1.82) is 5.26 Å². The van der Waals surface area contributed by atoms with Crippen LogP contribution in [0.3, 0.4) is 0 Å². The zero-order chi connectivity index (χ0) is 14.0. The normalized spacial score (nSPS) is 15.4. The predicted molar refractivity (Wildman–Crippen MR) is 80.7 cm³/mol. The monoisotopic (exact) mass is 312 g/mol. The van der Waals surface area contributed by atoms with Gasteiger partial charge in [-0.2, -0.15) is 5.26 Å². The van der Waals surface area contributed by atoms with Crippen molar-refractivity contribution < 1.29 is 5.11 Å². The van der Waals surface area contributed by atoms with Gasteiger partial charge in [0.2, 0.25) is 0 Å². The van der Waals surface area contributed by atoms with Crippen molar-refractivity contribution in [3.63, 3.8) is 0 Å². The third-order valence-electron chi connectivity index (χ3n) is 2.74. The molecule has 2 N–H and O–H groups in total. The molecule has 0 aromatic heterocycles. The van der Waals surface area contributed by atoms with Crippen molar-refractivity contribution in [2.24, 2.45) is 5.92 Å². The van der Waals surface area contributed by atoms with Crippen LogP contribution >= 0.6 is 35.4 Å². The number of thiocarbonyl (C=S) groups is 1. The quantitative estimate of drug-likeness (QED) is 0.374. The maximum Gasteiger partial charge on any atom is 0.125 e. The number of aliphatic hydroxyl groups excluding tert-OH is 1. The summed E-state index contributed by atoms with van der Waals surface area (Å²) in [5.41, 5.74) is 0.649. The van der Waals surface area contributed by atoms with E-state index in [9.17, 15) is 5.11 Å².